The van der Waals surface area contributed by atoms with Gasteiger partial charge in [0.1, 0.15) is 0 Å². The molecular formula is C14H12ClN3OS. The standard InChI is InChI=1S/C14H12ClN3OS/c1-9-7-10(15)4-5-12(9)13(19)18-14-17-8-11(20-14)3-2-6-16/h4-5,7-8H,6,16H2,1H3,(H,17,18,19). The Morgan fingerprint density at radius 1 is 1.55 bits per heavy atom. The molecule has 2 rings (SSSR count). The topological polar surface area (TPSA) is 68.0 Å². The summed E-state index contributed by atoms with van der Waals surface area (Å²) in [6.45, 7) is 2.13. The normalized spacial score (nSPS) is 9.75. The Hall–Kier alpha value is -1.87. The highest BCUT2D eigenvalue weighted by atomic mass is 35.5. The summed E-state index contributed by atoms with van der Waals surface area (Å²) >= 11 is 7.17. The molecule has 1 aromatic carbocycles. The Bertz CT molecular complexity index is 700. The number of benzene rings is 1. The number of halogens is 1. The van der Waals surface area contributed by atoms with Crippen LogP contribution in [0.2, 0.25) is 5.02 Å². The lowest BCUT2D eigenvalue weighted by molar-refractivity contribution is 0.102. The molecule has 0 fully saturated rings. The van der Waals surface area contributed by atoms with Crippen molar-refractivity contribution in [3.63, 3.8) is 0 Å². The van der Waals surface area contributed by atoms with Crippen molar-refractivity contribution in [3.05, 3.63) is 45.4 Å². The molecule has 0 unspecified atom stereocenters. The maximum Gasteiger partial charge on any atom is 0.257 e. The van der Waals surface area contributed by atoms with E-state index >= 15 is 0 Å². The third-order valence-electron chi connectivity index (χ3n) is 2.47. The van der Waals surface area contributed by atoms with Crippen LogP contribution in [-0.4, -0.2) is 17.4 Å². The lowest BCUT2D eigenvalue weighted by Gasteiger charge is -2.05. The molecule has 0 radical (unpaired) electrons. The van der Waals surface area contributed by atoms with E-state index in [1.165, 1.54) is 11.3 Å². The number of carbonyl (C=O) groups is 1. The molecule has 20 heavy (non-hydrogen) atoms. The Balaban J connectivity index is 2.13. The van der Waals surface area contributed by atoms with Crippen LogP contribution in [0.5, 0.6) is 0 Å². The van der Waals surface area contributed by atoms with Gasteiger partial charge in [-0.15, -0.1) is 0 Å². The fourth-order valence-electron chi connectivity index (χ4n) is 1.57. The van der Waals surface area contributed by atoms with Crippen LogP contribution in [0.1, 0.15) is 20.8 Å². The van der Waals surface area contributed by atoms with Gasteiger partial charge in [-0.05, 0) is 30.7 Å². The molecule has 0 atom stereocenters. The lowest BCUT2D eigenvalue weighted by Crippen LogP contribution is -2.12. The van der Waals surface area contributed by atoms with Crippen molar-refractivity contribution >= 4 is 34.0 Å². The first-order valence-electron chi connectivity index (χ1n) is 5.82. The molecule has 6 heteroatoms. The Morgan fingerprint density at radius 3 is 3.05 bits per heavy atom. The Labute approximate surface area is 126 Å². The minimum atomic E-state index is -0.216. The predicted octanol–water partition coefficient (Wildman–Crippen LogP) is 2.67. The smallest absolute Gasteiger partial charge is 0.257 e. The van der Waals surface area contributed by atoms with Gasteiger partial charge in [0.15, 0.2) is 5.13 Å². The summed E-state index contributed by atoms with van der Waals surface area (Å²) in [7, 11) is 0. The summed E-state index contributed by atoms with van der Waals surface area (Å²) in [5.41, 5.74) is 6.68. The molecule has 3 N–H and O–H groups in total. The zero-order valence-electron chi connectivity index (χ0n) is 10.7. The number of anilines is 1. The van der Waals surface area contributed by atoms with Gasteiger partial charge < -0.3 is 5.73 Å². The lowest BCUT2D eigenvalue weighted by atomic mass is 10.1. The van der Waals surface area contributed by atoms with Crippen molar-refractivity contribution in [1.29, 1.82) is 0 Å². The average molecular weight is 306 g/mol. The largest absolute Gasteiger partial charge is 0.320 e. The number of thiazole rings is 1. The number of nitrogens with two attached hydrogens (primary N) is 1. The van der Waals surface area contributed by atoms with Gasteiger partial charge in [-0.2, -0.15) is 0 Å². The number of hydrogen-bond donors (Lipinski definition) is 2. The van der Waals surface area contributed by atoms with E-state index < -0.39 is 0 Å². The van der Waals surface area contributed by atoms with E-state index in [1.807, 2.05) is 6.92 Å². The maximum atomic E-state index is 12.1. The zero-order chi connectivity index (χ0) is 14.5. The minimum absolute atomic E-state index is 0.216. The van der Waals surface area contributed by atoms with Crippen LogP contribution in [0.25, 0.3) is 0 Å². The molecule has 1 aromatic heterocycles. The number of hydrogen-bond acceptors (Lipinski definition) is 4. The molecule has 0 spiro atoms. The van der Waals surface area contributed by atoms with Crippen molar-refractivity contribution in [3.8, 4) is 11.8 Å². The van der Waals surface area contributed by atoms with E-state index in [1.54, 1.807) is 24.4 Å². The molecular weight excluding hydrogens is 294 g/mol. The third-order valence-corrected chi connectivity index (χ3v) is 3.54. The van der Waals surface area contributed by atoms with Gasteiger partial charge in [0.05, 0.1) is 17.6 Å². The fourth-order valence-corrected chi connectivity index (χ4v) is 2.49. The highest BCUT2D eigenvalue weighted by Gasteiger charge is 2.11. The number of amides is 1. The van der Waals surface area contributed by atoms with Gasteiger partial charge in [-0.25, -0.2) is 4.98 Å². The van der Waals surface area contributed by atoms with Crippen LogP contribution in [0, 0.1) is 18.8 Å². The Morgan fingerprint density at radius 2 is 2.35 bits per heavy atom. The summed E-state index contributed by atoms with van der Waals surface area (Å²) in [5, 5.41) is 3.85. The van der Waals surface area contributed by atoms with Crippen LogP contribution in [0.3, 0.4) is 0 Å². The van der Waals surface area contributed by atoms with Crippen LogP contribution >= 0.6 is 22.9 Å². The molecule has 102 valence electrons. The SMILES string of the molecule is Cc1cc(Cl)ccc1C(=O)Nc1ncc(C#CCN)s1. The molecule has 2 aromatic rings. The zero-order valence-corrected chi connectivity index (χ0v) is 12.3. The summed E-state index contributed by atoms with van der Waals surface area (Å²) in [4.78, 5) is 17.0. The van der Waals surface area contributed by atoms with Gasteiger partial charge in [0.2, 0.25) is 0 Å². The number of carbonyl (C=O) groups excluding carboxylic acids is 1. The number of rotatable bonds is 2. The predicted molar refractivity (Wildman–Crippen MR) is 82.2 cm³/mol. The monoisotopic (exact) mass is 305 g/mol. The second kappa shape index (κ2) is 6.53. The minimum Gasteiger partial charge on any atom is -0.320 e. The van der Waals surface area contributed by atoms with Crippen LogP contribution in [-0.2, 0) is 0 Å². The van der Waals surface area contributed by atoms with Crippen molar-refractivity contribution in [2.75, 3.05) is 11.9 Å². The number of nitrogens with zero attached hydrogens (tertiary/aromatic N) is 1. The highest BCUT2D eigenvalue weighted by Crippen LogP contribution is 2.20. The van der Waals surface area contributed by atoms with Gasteiger partial charge in [-0.1, -0.05) is 34.8 Å². The quantitative estimate of drug-likeness (QED) is 0.838. The van der Waals surface area contributed by atoms with Gasteiger partial charge in [-0.3, -0.25) is 10.1 Å². The van der Waals surface area contributed by atoms with Crippen LogP contribution in [0.15, 0.2) is 24.4 Å². The average Bonchev–Trinajstić information content (AvgIpc) is 2.83. The first-order valence-corrected chi connectivity index (χ1v) is 7.02. The number of aryl methyl sites for hydroxylation is 1. The van der Waals surface area contributed by atoms with Crippen molar-refractivity contribution in [1.82, 2.24) is 4.98 Å². The molecule has 0 saturated heterocycles. The van der Waals surface area contributed by atoms with Crippen molar-refractivity contribution in [2.24, 2.45) is 5.73 Å². The number of aromatic nitrogens is 1. The maximum absolute atomic E-state index is 12.1. The van der Waals surface area contributed by atoms with Gasteiger partial charge in [0.25, 0.3) is 5.91 Å². The number of nitrogens with one attached hydrogen (secondary N) is 1. The Kier molecular flexibility index (Phi) is 4.74. The van der Waals surface area contributed by atoms with E-state index in [0.29, 0.717) is 22.3 Å². The van der Waals surface area contributed by atoms with E-state index in [4.69, 9.17) is 17.3 Å². The van der Waals surface area contributed by atoms with E-state index in [0.717, 1.165) is 10.4 Å². The van der Waals surface area contributed by atoms with Crippen LogP contribution < -0.4 is 11.1 Å². The van der Waals surface area contributed by atoms with Gasteiger partial charge >= 0.3 is 0 Å². The van der Waals surface area contributed by atoms with Crippen molar-refractivity contribution < 1.29 is 4.79 Å². The summed E-state index contributed by atoms with van der Waals surface area (Å²) < 4.78 is 0. The molecule has 4 nitrogen and oxygen atoms in total. The molecule has 1 amide bonds. The first-order chi connectivity index (χ1) is 9.60. The summed E-state index contributed by atoms with van der Waals surface area (Å²) in [6.07, 6.45) is 1.61. The highest BCUT2D eigenvalue weighted by molar-refractivity contribution is 7.16. The van der Waals surface area contributed by atoms with Gasteiger partial charge in [0, 0.05) is 10.6 Å². The molecule has 0 aliphatic carbocycles. The molecule has 0 aliphatic heterocycles. The second-order valence-corrected chi connectivity index (χ2v) is 5.42. The third kappa shape index (κ3) is 3.58. The first kappa shape index (κ1) is 14.5. The van der Waals surface area contributed by atoms with E-state index in [-0.39, 0.29) is 5.91 Å². The van der Waals surface area contributed by atoms with E-state index in [9.17, 15) is 4.79 Å². The van der Waals surface area contributed by atoms with E-state index in [2.05, 4.69) is 22.1 Å². The van der Waals surface area contributed by atoms with Crippen molar-refractivity contribution in [2.45, 2.75) is 6.92 Å². The second-order valence-electron chi connectivity index (χ2n) is 3.95. The molecule has 0 bridgehead atoms. The molecule has 0 aliphatic rings. The molecule has 1 heterocycles. The molecule has 0 saturated carbocycles. The summed E-state index contributed by atoms with van der Waals surface area (Å²) in [6, 6.07) is 5.12. The van der Waals surface area contributed by atoms with Crippen LogP contribution in [0.4, 0.5) is 5.13 Å². The fraction of sp³-hybridized carbons (Fsp3) is 0.143. The summed E-state index contributed by atoms with van der Waals surface area (Å²) in [5.74, 6) is 5.39.